The Bertz CT molecular complexity index is 702. The van der Waals surface area contributed by atoms with Gasteiger partial charge in [0.25, 0.3) is 5.69 Å². The number of benzene rings is 1. The van der Waals surface area contributed by atoms with Crippen molar-refractivity contribution in [2.45, 2.75) is 6.92 Å². The highest BCUT2D eigenvalue weighted by atomic mass is 16.6. The average molecular weight is 289 g/mol. The number of fused-ring (bicyclic) bond motifs is 1. The summed E-state index contributed by atoms with van der Waals surface area (Å²) in [5, 5.41) is 17.1. The molecule has 0 atom stereocenters. The zero-order chi connectivity index (χ0) is 15.4. The summed E-state index contributed by atoms with van der Waals surface area (Å²) < 4.78 is 0. The Hall–Kier alpha value is -2.90. The van der Waals surface area contributed by atoms with E-state index in [9.17, 15) is 14.9 Å². The lowest BCUT2D eigenvalue weighted by atomic mass is 10.1. The van der Waals surface area contributed by atoms with Crippen molar-refractivity contribution in [3.63, 3.8) is 0 Å². The lowest BCUT2D eigenvalue weighted by Crippen LogP contribution is -2.33. The Morgan fingerprint density at radius 1 is 1.38 bits per heavy atom. The number of nitrogens with zero attached hydrogens (tertiary/aromatic N) is 2. The number of nitrogens with one attached hydrogen (secondary N) is 2. The first-order valence-electron chi connectivity index (χ1n) is 6.30. The van der Waals surface area contributed by atoms with Crippen molar-refractivity contribution in [2.24, 2.45) is 5.73 Å². The maximum atomic E-state index is 10.9. The molecule has 0 spiro atoms. The normalized spacial score (nSPS) is 10.3. The Kier molecular flexibility index (Phi) is 4.17. The molecular weight excluding hydrogens is 274 g/mol. The predicted molar refractivity (Wildman–Crippen MR) is 79.2 cm³/mol. The molecule has 1 heterocycles. The molecule has 0 aliphatic heterocycles. The number of rotatable bonds is 5. The number of hydrogen-bond donors (Lipinski definition) is 3. The summed E-state index contributed by atoms with van der Waals surface area (Å²) in [6, 6.07) is 5.73. The highest BCUT2D eigenvalue weighted by Crippen LogP contribution is 2.26. The van der Waals surface area contributed by atoms with Gasteiger partial charge in [0.2, 0.25) is 0 Å². The summed E-state index contributed by atoms with van der Waals surface area (Å²) >= 11 is 0. The van der Waals surface area contributed by atoms with Crippen LogP contribution in [-0.4, -0.2) is 29.0 Å². The lowest BCUT2D eigenvalue weighted by Gasteiger charge is -2.11. The number of primary amides is 1. The zero-order valence-electron chi connectivity index (χ0n) is 11.4. The second-order valence-corrected chi connectivity index (χ2v) is 4.49. The summed E-state index contributed by atoms with van der Waals surface area (Å²) in [6.45, 7) is 2.64. The molecule has 2 aromatic rings. The summed E-state index contributed by atoms with van der Waals surface area (Å²) in [7, 11) is 0. The summed E-state index contributed by atoms with van der Waals surface area (Å²) in [6.07, 6.45) is 0. The van der Waals surface area contributed by atoms with Gasteiger partial charge in [-0.25, -0.2) is 4.79 Å². The third-order valence-corrected chi connectivity index (χ3v) is 2.87. The van der Waals surface area contributed by atoms with E-state index in [2.05, 4.69) is 15.6 Å². The van der Waals surface area contributed by atoms with Gasteiger partial charge < -0.3 is 16.4 Å². The average Bonchev–Trinajstić information content (AvgIpc) is 2.42. The van der Waals surface area contributed by atoms with E-state index in [1.54, 1.807) is 12.1 Å². The number of amides is 2. The molecule has 0 fully saturated rings. The third-order valence-electron chi connectivity index (χ3n) is 2.87. The van der Waals surface area contributed by atoms with E-state index in [-0.39, 0.29) is 5.69 Å². The van der Waals surface area contributed by atoms with Crippen LogP contribution in [0.3, 0.4) is 0 Å². The minimum atomic E-state index is -0.594. The van der Waals surface area contributed by atoms with Gasteiger partial charge in [-0.2, -0.15) is 0 Å². The van der Waals surface area contributed by atoms with E-state index >= 15 is 0 Å². The molecule has 8 heteroatoms. The molecule has 2 amide bonds. The van der Waals surface area contributed by atoms with E-state index in [0.29, 0.717) is 24.0 Å². The monoisotopic (exact) mass is 289 g/mol. The highest BCUT2D eigenvalue weighted by molar-refractivity contribution is 5.93. The van der Waals surface area contributed by atoms with Crippen LogP contribution < -0.4 is 16.4 Å². The number of carbonyl (C=O) groups excluding carboxylic acids is 1. The first kappa shape index (κ1) is 14.5. The van der Waals surface area contributed by atoms with Crippen LogP contribution in [0.1, 0.15) is 5.69 Å². The number of aryl methyl sites for hydroxylation is 1. The molecule has 0 bridgehead atoms. The van der Waals surface area contributed by atoms with Gasteiger partial charge in [-0.3, -0.25) is 15.1 Å². The van der Waals surface area contributed by atoms with Gasteiger partial charge in [-0.15, -0.1) is 0 Å². The van der Waals surface area contributed by atoms with Crippen molar-refractivity contribution in [3.05, 3.63) is 40.1 Å². The molecular formula is C13H15N5O3. The Morgan fingerprint density at radius 2 is 2.14 bits per heavy atom. The smallest absolute Gasteiger partial charge is 0.312 e. The van der Waals surface area contributed by atoms with E-state index in [1.807, 2.05) is 6.92 Å². The Labute approximate surface area is 120 Å². The van der Waals surface area contributed by atoms with Crippen molar-refractivity contribution in [3.8, 4) is 0 Å². The van der Waals surface area contributed by atoms with Crippen LogP contribution in [-0.2, 0) is 0 Å². The molecule has 0 aliphatic carbocycles. The number of nitro groups is 1. The summed E-state index contributed by atoms with van der Waals surface area (Å²) in [5.41, 5.74) is 7.18. The van der Waals surface area contributed by atoms with Crippen molar-refractivity contribution >= 4 is 28.3 Å². The van der Waals surface area contributed by atoms with Crippen LogP contribution in [0, 0.1) is 17.0 Å². The van der Waals surface area contributed by atoms with Crippen LogP contribution in [0.25, 0.3) is 10.9 Å². The number of pyridine rings is 1. The van der Waals surface area contributed by atoms with E-state index in [4.69, 9.17) is 5.73 Å². The minimum Gasteiger partial charge on any atom is -0.383 e. The SMILES string of the molecule is Cc1cc(NCCNC(N)=O)c2cc([N+](=O)[O-])ccc2n1. The standard InChI is InChI=1S/C13H15N5O3/c1-8-6-12(15-4-5-16-13(14)19)10-7-9(18(20)21)2-3-11(10)17-8/h2-3,6-7H,4-5H2,1H3,(H,15,17)(H3,14,16,19). The van der Waals surface area contributed by atoms with Crippen molar-refractivity contribution in [1.29, 1.82) is 0 Å². The molecule has 8 nitrogen and oxygen atoms in total. The van der Waals surface area contributed by atoms with Crippen molar-refractivity contribution in [1.82, 2.24) is 10.3 Å². The van der Waals surface area contributed by atoms with Gasteiger partial charge in [-0.05, 0) is 19.1 Å². The number of carbonyl (C=O) groups is 1. The fourth-order valence-corrected chi connectivity index (χ4v) is 1.99. The fourth-order valence-electron chi connectivity index (χ4n) is 1.99. The van der Waals surface area contributed by atoms with Gasteiger partial charge >= 0.3 is 6.03 Å². The molecule has 1 aromatic carbocycles. The van der Waals surface area contributed by atoms with Gasteiger partial charge in [-0.1, -0.05) is 0 Å². The fraction of sp³-hybridized carbons (Fsp3) is 0.231. The van der Waals surface area contributed by atoms with Crippen molar-refractivity contribution in [2.75, 3.05) is 18.4 Å². The van der Waals surface area contributed by atoms with E-state index in [1.165, 1.54) is 12.1 Å². The Balaban J connectivity index is 2.29. The van der Waals surface area contributed by atoms with E-state index < -0.39 is 11.0 Å². The molecule has 0 saturated heterocycles. The van der Waals surface area contributed by atoms with Crippen LogP contribution in [0.5, 0.6) is 0 Å². The van der Waals surface area contributed by atoms with E-state index in [0.717, 1.165) is 11.4 Å². The molecule has 0 radical (unpaired) electrons. The number of anilines is 1. The number of nitrogens with two attached hydrogens (primary N) is 1. The molecule has 2 rings (SSSR count). The second kappa shape index (κ2) is 6.04. The summed E-state index contributed by atoms with van der Waals surface area (Å²) in [4.78, 5) is 25.4. The van der Waals surface area contributed by atoms with Gasteiger partial charge in [0, 0.05) is 42.0 Å². The predicted octanol–water partition coefficient (Wildman–Crippen LogP) is 1.53. The van der Waals surface area contributed by atoms with Gasteiger partial charge in [0.05, 0.1) is 10.4 Å². The van der Waals surface area contributed by atoms with Crippen LogP contribution >= 0.6 is 0 Å². The first-order chi connectivity index (χ1) is 9.97. The summed E-state index contributed by atoms with van der Waals surface area (Å²) in [5.74, 6) is 0. The topological polar surface area (TPSA) is 123 Å². The van der Waals surface area contributed by atoms with Crippen molar-refractivity contribution < 1.29 is 9.72 Å². The third kappa shape index (κ3) is 3.56. The first-order valence-corrected chi connectivity index (χ1v) is 6.30. The largest absolute Gasteiger partial charge is 0.383 e. The minimum absolute atomic E-state index is 0.00599. The molecule has 0 saturated carbocycles. The van der Waals surface area contributed by atoms with Crippen LogP contribution in [0.2, 0.25) is 0 Å². The number of hydrogen-bond acceptors (Lipinski definition) is 5. The molecule has 4 N–H and O–H groups in total. The highest BCUT2D eigenvalue weighted by Gasteiger charge is 2.10. The Morgan fingerprint density at radius 3 is 2.81 bits per heavy atom. The second-order valence-electron chi connectivity index (χ2n) is 4.49. The quantitative estimate of drug-likeness (QED) is 0.437. The molecule has 110 valence electrons. The molecule has 1 aromatic heterocycles. The maximum Gasteiger partial charge on any atom is 0.312 e. The van der Waals surface area contributed by atoms with Gasteiger partial charge in [0.15, 0.2) is 0 Å². The number of urea groups is 1. The maximum absolute atomic E-state index is 10.9. The van der Waals surface area contributed by atoms with Crippen LogP contribution in [0.4, 0.5) is 16.2 Å². The molecule has 0 aliphatic rings. The van der Waals surface area contributed by atoms with Crippen LogP contribution in [0.15, 0.2) is 24.3 Å². The molecule has 0 unspecified atom stereocenters. The van der Waals surface area contributed by atoms with Gasteiger partial charge in [0.1, 0.15) is 0 Å². The lowest BCUT2D eigenvalue weighted by molar-refractivity contribution is -0.384. The number of aromatic nitrogens is 1. The number of nitro benzene ring substituents is 1. The number of non-ortho nitro benzene ring substituents is 1. The molecule has 21 heavy (non-hydrogen) atoms. The zero-order valence-corrected chi connectivity index (χ0v) is 11.4.